The molecule has 32 heavy (non-hydrogen) atoms. The molecule has 0 radical (unpaired) electrons. The molecule has 1 N–H and O–H groups in total. The summed E-state index contributed by atoms with van der Waals surface area (Å²) in [6, 6.07) is 11.6. The van der Waals surface area contributed by atoms with Crippen molar-refractivity contribution in [1.82, 2.24) is 0 Å². The maximum absolute atomic E-state index is 13.2. The first kappa shape index (κ1) is 21.7. The third-order valence-electron chi connectivity index (χ3n) is 5.30. The molecule has 7 nitrogen and oxygen atoms in total. The van der Waals surface area contributed by atoms with E-state index in [9.17, 15) is 14.7 Å². The van der Waals surface area contributed by atoms with Gasteiger partial charge in [0.15, 0.2) is 23.0 Å². The summed E-state index contributed by atoms with van der Waals surface area (Å²) in [4.78, 5) is 27.7. The van der Waals surface area contributed by atoms with Gasteiger partial charge in [-0.25, -0.2) is 0 Å². The first-order valence-electron chi connectivity index (χ1n) is 10.7. The number of carbonyl (C=O) groups excluding carboxylic acids is 2. The minimum atomic E-state index is -0.762. The van der Waals surface area contributed by atoms with Crippen LogP contribution in [0.4, 0.5) is 5.69 Å². The Balaban J connectivity index is 1.78. The number of hydrogen-bond donors (Lipinski definition) is 1. The van der Waals surface area contributed by atoms with Crippen LogP contribution < -0.4 is 19.1 Å². The lowest BCUT2D eigenvalue weighted by Gasteiger charge is -2.27. The van der Waals surface area contributed by atoms with Crippen molar-refractivity contribution in [3.63, 3.8) is 0 Å². The zero-order chi connectivity index (χ0) is 23.0. The van der Waals surface area contributed by atoms with Crippen molar-refractivity contribution in [2.24, 2.45) is 5.92 Å². The van der Waals surface area contributed by atoms with Gasteiger partial charge >= 0.3 is 0 Å². The molecule has 1 amide bonds. The van der Waals surface area contributed by atoms with E-state index < -0.39 is 17.7 Å². The number of fused-ring (bicyclic) bond motifs is 1. The normalized spacial score (nSPS) is 17.6. The highest BCUT2D eigenvalue weighted by atomic mass is 16.7. The Morgan fingerprint density at radius 1 is 1.09 bits per heavy atom. The molecule has 0 fully saturated rings. The maximum atomic E-state index is 13.2. The van der Waals surface area contributed by atoms with Crippen LogP contribution in [-0.2, 0) is 9.59 Å². The molecule has 0 saturated heterocycles. The number of nitrogens with zero attached hydrogens (tertiary/aromatic N) is 1. The number of amides is 1. The predicted molar refractivity (Wildman–Crippen MR) is 119 cm³/mol. The summed E-state index contributed by atoms with van der Waals surface area (Å²) in [5, 5.41) is 10.8. The molecule has 2 heterocycles. The molecule has 2 aromatic carbocycles. The molecule has 2 aliphatic rings. The van der Waals surface area contributed by atoms with Crippen molar-refractivity contribution >= 4 is 17.4 Å². The molecule has 0 saturated carbocycles. The smallest absolute Gasteiger partial charge is 0.294 e. The Hall–Kier alpha value is -3.48. The molecule has 1 unspecified atom stereocenters. The van der Waals surface area contributed by atoms with E-state index in [1.807, 2.05) is 39.8 Å². The van der Waals surface area contributed by atoms with Gasteiger partial charge in [0.05, 0.1) is 17.7 Å². The van der Waals surface area contributed by atoms with Gasteiger partial charge in [-0.15, -0.1) is 0 Å². The van der Waals surface area contributed by atoms with E-state index in [1.54, 1.807) is 30.3 Å². The van der Waals surface area contributed by atoms with E-state index in [1.165, 1.54) is 4.90 Å². The highest BCUT2D eigenvalue weighted by Gasteiger charge is 2.44. The fourth-order valence-corrected chi connectivity index (χ4v) is 3.99. The molecule has 2 aliphatic heterocycles. The van der Waals surface area contributed by atoms with Crippen LogP contribution >= 0.6 is 0 Å². The predicted octanol–water partition coefficient (Wildman–Crippen LogP) is 4.72. The Kier molecular flexibility index (Phi) is 5.82. The van der Waals surface area contributed by atoms with Crippen LogP contribution in [0.15, 0.2) is 53.8 Å². The van der Waals surface area contributed by atoms with Gasteiger partial charge in [-0.2, -0.15) is 0 Å². The number of carbonyl (C=O) groups is 2. The Labute approximate surface area is 187 Å². The van der Waals surface area contributed by atoms with Gasteiger partial charge < -0.3 is 19.3 Å². The summed E-state index contributed by atoms with van der Waals surface area (Å²) in [6.07, 6.45) is 0.248. The third kappa shape index (κ3) is 4.02. The molecular weight excluding hydrogens is 410 g/mol. The van der Waals surface area contributed by atoms with Crippen molar-refractivity contribution in [3.05, 3.63) is 59.4 Å². The number of benzene rings is 2. The lowest BCUT2D eigenvalue weighted by Crippen LogP contribution is -2.31. The number of aliphatic hydroxyl groups excluding tert-OH is 1. The molecule has 0 aromatic heterocycles. The van der Waals surface area contributed by atoms with Crippen LogP contribution in [-0.4, -0.2) is 29.7 Å². The minimum absolute atomic E-state index is 0.0196. The van der Waals surface area contributed by atoms with E-state index >= 15 is 0 Å². The second-order valence-corrected chi connectivity index (χ2v) is 8.63. The molecule has 168 valence electrons. The average Bonchev–Trinajstić information content (AvgIpc) is 3.30. The fraction of sp³-hybridized carbons (Fsp3) is 0.360. The monoisotopic (exact) mass is 437 g/mol. The van der Waals surface area contributed by atoms with E-state index in [0.29, 0.717) is 28.5 Å². The molecule has 4 rings (SSSR count). The van der Waals surface area contributed by atoms with E-state index in [0.717, 1.165) is 0 Å². The molecule has 7 heteroatoms. The highest BCUT2D eigenvalue weighted by molar-refractivity contribution is 6.16. The number of Topliss-reactive ketones (excluding diaryl/α,β-unsaturated/α-hetero) is 1. The van der Waals surface area contributed by atoms with Crippen LogP contribution in [0.3, 0.4) is 0 Å². The van der Waals surface area contributed by atoms with Gasteiger partial charge in [0.2, 0.25) is 6.79 Å². The van der Waals surface area contributed by atoms with Gasteiger partial charge in [-0.1, -0.05) is 26.0 Å². The first-order chi connectivity index (χ1) is 15.3. The topological polar surface area (TPSA) is 85.3 Å². The number of ketones is 1. The van der Waals surface area contributed by atoms with E-state index in [4.69, 9.17) is 14.2 Å². The lowest BCUT2D eigenvalue weighted by molar-refractivity contribution is -0.118. The molecule has 2 aromatic rings. The van der Waals surface area contributed by atoms with Gasteiger partial charge in [-0.05, 0) is 49.6 Å². The van der Waals surface area contributed by atoms with Crippen LogP contribution in [0.5, 0.6) is 17.2 Å². The summed E-state index contributed by atoms with van der Waals surface area (Å²) in [5.74, 6) is 0.480. The fourth-order valence-electron chi connectivity index (χ4n) is 3.99. The Morgan fingerprint density at radius 2 is 1.78 bits per heavy atom. The van der Waals surface area contributed by atoms with Gasteiger partial charge in [0, 0.05) is 18.2 Å². The van der Waals surface area contributed by atoms with Crippen LogP contribution in [0.25, 0.3) is 0 Å². The third-order valence-corrected chi connectivity index (χ3v) is 5.30. The van der Waals surface area contributed by atoms with Crippen molar-refractivity contribution in [3.8, 4) is 17.2 Å². The molecule has 0 aliphatic carbocycles. The van der Waals surface area contributed by atoms with Crippen molar-refractivity contribution in [1.29, 1.82) is 0 Å². The number of rotatable bonds is 7. The molecule has 0 bridgehead atoms. The largest absolute Gasteiger partial charge is 0.503 e. The minimum Gasteiger partial charge on any atom is -0.503 e. The highest BCUT2D eigenvalue weighted by Crippen LogP contribution is 2.44. The van der Waals surface area contributed by atoms with E-state index in [-0.39, 0.29) is 36.6 Å². The summed E-state index contributed by atoms with van der Waals surface area (Å²) in [7, 11) is 0. The average molecular weight is 437 g/mol. The number of aliphatic hydroxyl groups is 1. The van der Waals surface area contributed by atoms with Gasteiger partial charge in [-0.3, -0.25) is 14.5 Å². The Bertz CT molecular complexity index is 1070. The molecule has 0 spiro atoms. The first-order valence-corrected chi connectivity index (χ1v) is 10.7. The summed E-state index contributed by atoms with van der Waals surface area (Å²) in [5.41, 5.74) is 1.31. The van der Waals surface area contributed by atoms with Crippen LogP contribution in [0.2, 0.25) is 0 Å². The number of ether oxygens (including phenoxy) is 3. The van der Waals surface area contributed by atoms with Gasteiger partial charge in [0.25, 0.3) is 5.91 Å². The van der Waals surface area contributed by atoms with Crippen molar-refractivity contribution < 1.29 is 28.9 Å². The van der Waals surface area contributed by atoms with Crippen molar-refractivity contribution in [2.45, 2.75) is 46.3 Å². The standard InChI is InChI=1S/C25H27NO6/c1-14(2)11-19(27)22-23(16-5-8-18(9-6-16)32-15(3)4)26(25(29)24(22)28)17-7-10-20-21(12-17)31-13-30-20/h5-10,12,14-15,23,28H,11,13H2,1-4H3. The zero-order valence-electron chi connectivity index (χ0n) is 18.6. The summed E-state index contributed by atoms with van der Waals surface area (Å²) < 4.78 is 16.6. The maximum Gasteiger partial charge on any atom is 0.294 e. The zero-order valence-corrected chi connectivity index (χ0v) is 18.6. The molecule has 1 atom stereocenters. The number of hydrogen-bond acceptors (Lipinski definition) is 6. The Morgan fingerprint density at radius 3 is 2.44 bits per heavy atom. The quantitative estimate of drug-likeness (QED) is 0.675. The second kappa shape index (κ2) is 8.57. The van der Waals surface area contributed by atoms with Crippen LogP contribution in [0, 0.1) is 5.92 Å². The lowest BCUT2D eigenvalue weighted by atomic mass is 9.92. The molecular formula is C25H27NO6. The second-order valence-electron chi connectivity index (χ2n) is 8.63. The van der Waals surface area contributed by atoms with Crippen molar-refractivity contribution in [2.75, 3.05) is 11.7 Å². The SMILES string of the molecule is CC(C)CC(=O)C1=C(O)C(=O)N(c2ccc3c(c2)OCO3)C1c1ccc(OC(C)C)cc1. The summed E-state index contributed by atoms with van der Waals surface area (Å²) in [6.45, 7) is 7.84. The van der Waals surface area contributed by atoms with E-state index in [2.05, 4.69) is 0 Å². The number of anilines is 1. The van der Waals surface area contributed by atoms with Crippen LogP contribution in [0.1, 0.15) is 45.7 Å². The van der Waals surface area contributed by atoms with Gasteiger partial charge in [0.1, 0.15) is 5.75 Å². The summed E-state index contributed by atoms with van der Waals surface area (Å²) >= 11 is 0.